The van der Waals surface area contributed by atoms with Crippen molar-refractivity contribution in [1.29, 1.82) is 0 Å². The summed E-state index contributed by atoms with van der Waals surface area (Å²) in [6.07, 6.45) is 12.9. The van der Waals surface area contributed by atoms with Crippen LogP contribution in [0, 0.1) is 0 Å². The molecular formula is C21H26N6O. The van der Waals surface area contributed by atoms with Gasteiger partial charge in [0.05, 0.1) is 18.3 Å². The van der Waals surface area contributed by atoms with Crippen molar-refractivity contribution in [1.82, 2.24) is 19.9 Å². The number of anilines is 1. The number of hydrogen-bond donors (Lipinski definition) is 1. The highest BCUT2D eigenvalue weighted by Gasteiger charge is 2.34. The van der Waals surface area contributed by atoms with Gasteiger partial charge in [0.1, 0.15) is 11.4 Å². The van der Waals surface area contributed by atoms with Crippen molar-refractivity contribution in [3.63, 3.8) is 0 Å². The summed E-state index contributed by atoms with van der Waals surface area (Å²) in [6, 6.07) is 2.62. The number of dihydropyridines is 1. The van der Waals surface area contributed by atoms with Gasteiger partial charge >= 0.3 is 0 Å². The Kier molecular flexibility index (Phi) is 4.00. The van der Waals surface area contributed by atoms with E-state index in [2.05, 4.69) is 41.3 Å². The molecule has 2 aromatic heterocycles. The lowest BCUT2D eigenvalue weighted by atomic mass is 9.93. The lowest BCUT2D eigenvalue weighted by molar-refractivity contribution is 0.0911. The minimum atomic E-state index is -0.338. The summed E-state index contributed by atoms with van der Waals surface area (Å²) in [7, 11) is 0. The van der Waals surface area contributed by atoms with E-state index in [1.807, 2.05) is 12.3 Å². The molecule has 1 saturated heterocycles. The Morgan fingerprint density at radius 2 is 2.21 bits per heavy atom. The fourth-order valence-corrected chi connectivity index (χ4v) is 4.58. The molecule has 1 unspecified atom stereocenters. The van der Waals surface area contributed by atoms with Crippen molar-refractivity contribution in [3.05, 3.63) is 36.2 Å². The molecule has 7 nitrogen and oxygen atoms in total. The van der Waals surface area contributed by atoms with Crippen molar-refractivity contribution < 1.29 is 4.79 Å². The highest BCUT2D eigenvalue weighted by Crippen LogP contribution is 2.31. The van der Waals surface area contributed by atoms with E-state index in [1.54, 1.807) is 10.7 Å². The van der Waals surface area contributed by atoms with E-state index in [0.717, 1.165) is 50.2 Å². The summed E-state index contributed by atoms with van der Waals surface area (Å²) >= 11 is 0. The molecule has 4 bridgehead atoms. The van der Waals surface area contributed by atoms with Crippen LogP contribution in [0.25, 0.3) is 5.65 Å². The molecule has 1 fully saturated rings. The largest absolute Gasteiger partial charge is 0.351 e. The zero-order chi connectivity index (χ0) is 19.3. The monoisotopic (exact) mass is 378 g/mol. The van der Waals surface area contributed by atoms with Gasteiger partial charge in [-0.2, -0.15) is 5.10 Å². The number of carbonyl (C=O) groups excluding carboxylic acids is 1. The zero-order valence-electron chi connectivity index (χ0n) is 16.4. The smallest absolute Gasteiger partial charge is 0.257 e. The topological polar surface area (TPSA) is 74.9 Å². The number of rotatable bonds is 0. The molecule has 1 N–H and O–H groups in total. The molecule has 3 aliphatic rings. The summed E-state index contributed by atoms with van der Waals surface area (Å²) in [5.74, 6) is 0.783. The first-order valence-corrected chi connectivity index (χ1v) is 10.2. The second-order valence-corrected chi connectivity index (χ2v) is 8.68. The third-order valence-corrected chi connectivity index (χ3v) is 6.11. The van der Waals surface area contributed by atoms with Crippen LogP contribution in [0.5, 0.6) is 0 Å². The quantitative estimate of drug-likeness (QED) is 0.765. The van der Waals surface area contributed by atoms with Crippen LogP contribution in [0.15, 0.2) is 35.6 Å². The first-order chi connectivity index (χ1) is 13.5. The van der Waals surface area contributed by atoms with E-state index in [1.165, 1.54) is 0 Å². The molecular weight excluding hydrogens is 352 g/mol. The maximum atomic E-state index is 13.0. The number of allylic oxidation sites excluding steroid dienone is 1. The number of aliphatic imine (C=N–C) groups is 1. The van der Waals surface area contributed by atoms with Gasteiger partial charge in [0.2, 0.25) is 0 Å². The first-order valence-electron chi connectivity index (χ1n) is 10.2. The standard InChI is InChI=1S/C21H26N6O/c1-21(2)10-8-14-5-3-6-16(23-14)17-7-4-11-26(17)18-9-12-27-19(24-18)15(13-22-27)20(28)25-21/h3,5,9,12-13,16-17H,4,6-8,10-11H2,1-2H3,(H,25,28)/t16?,17-/m1/s1. The van der Waals surface area contributed by atoms with Gasteiger partial charge in [0.15, 0.2) is 5.65 Å². The molecule has 3 aliphatic heterocycles. The maximum Gasteiger partial charge on any atom is 0.257 e. The van der Waals surface area contributed by atoms with Gasteiger partial charge in [-0.05, 0) is 58.1 Å². The van der Waals surface area contributed by atoms with Crippen LogP contribution >= 0.6 is 0 Å². The molecule has 0 aromatic carbocycles. The molecule has 5 rings (SSSR count). The fourth-order valence-electron chi connectivity index (χ4n) is 4.58. The predicted molar refractivity (Wildman–Crippen MR) is 109 cm³/mol. The van der Waals surface area contributed by atoms with Gasteiger partial charge in [-0.25, -0.2) is 9.50 Å². The highest BCUT2D eigenvalue weighted by atomic mass is 16.1. The highest BCUT2D eigenvalue weighted by molar-refractivity contribution is 6.00. The average molecular weight is 378 g/mol. The van der Waals surface area contributed by atoms with Crippen LogP contribution in [0.3, 0.4) is 0 Å². The molecule has 0 radical (unpaired) electrons. The number of carbonyl (C=O) groups is 1. The SMILES string of the molecule is CC1(C)CCC2=NC(CC=C2)[C@H]2CCCN2c2ccn3ncc(c3n2)C(=O)N1. The van der Waals surface area contributed by atoms with Crippen molar-refractivity contribution in [2.24, 2.45) is 4.99 Å². The molecule has 0 aliphatic carbocycles. The number of aromatic nitrogens is 3. The van der Waals surface area contributed by atoms with E-state index in [9.17, 15) is 4.79 Å². The van der Waals surface area contributed by atoms with E-state index in [4.69, 9.17) is 9.98 Å². The molecule has 7 heteroatoms. The minimum Gasteiger partial charge on any atom is -0.351 e. The van der Waals surface area contributed by atoms with Crippen LogP contribution in [0.4, 0.5) is 5.82 Å². The van der Waals surface area contributed by atoms with E-state index in [-0.39, 0.29) is 17.5 Å². The first kappa shape index (κ1) is 17.4. The number of hydrogen-bond acceptors (Lipinski definition) is 5. The second-order valence-electron chi connectivity index (χ2n) is 8.68. The van der Waals surface area contributed by atoms with E-state index < -0.39 is 0 Å². The van der Waals surface area contributed by atoms with Crippen molar-refractivity contribution in [2.75, 3.05) is 11.4 Å². The number of nitrogens with zero attached hydrogens (tertiary/aromatic N) is 5. The maximum absolute atomic E-state index is 13.0. The molecule has 2 aromatic rings. The lowest BCUT2D eigenvalue weighted by Crippen LogP contribution is -2.44. The Bertz CT molecular complexity index is 988. The Morgan fingerprint density at radius 3 is 3.11 bits per heavy atom. The van der Waals surface area contributed by atoms with Crippen molar-refractivity contribution >= 4 is 23.1 Å². The Balaban J connectivity index is 1.63. The fraction of sp³-hybridized carbons (Fsp3) is 0.524. The van der Waals surface area contributed by atoms with Crippen LogP contribution < -0.4 is 10.2 Å². The molecule has 2 atom stereocenters. The Labute approximate surface area is 164 Å². The summed E-state index contributed by atoms with van der Waals surface area (Å²) in [5.41, 5.74) is 1.94. The van der Waals surface area contributed by atoms with E-state index >= 15 is 0 Å². The molecule has 0 spiro atoms. The molecule has 5 heterocycles. The van der Waals surface area contributed by atoms with Crippen LogP contribution in [0.2, 0.25) is 0 Å². The minimum absolute atomic E-state index is 0.126. The Hall–Kier alpha value is -2.70. The lowest BCUT2D eigenvalue weighted by Gasteiger charge is -2.32. The summed E-state index contributed by atoms with van der Waals surface area (Å²) in [5, 5.41) is 7.49. The number of nitrogens with one attached hydrogen (secondary N) is 1. The predicted octanol–water partition coefficient (Wildman–Crippen LogP) is 2.77. The van der Waals surface area contributed by atoms with Gasteiger partial charge in [0, 0.05) is 24.0 Å². The average Bonchev–Trinajstić information content (AvgIpc) is 3.32. The Morgan fingerprint density at radius 1 is 1.32 bits per heavy atom. The van der Waals surface area contributed by atoms with Gasteiger partial charge < -0.3 is 10.2 Å². The third-order valence-electron chi connectivity index (χ3n) is 6.11. The number of amides is 1. The molecule has 1 amide bonds. The summed E-state index contributed by atoms with van der Waals surface area (Å²) < 4.78 is 1.68. The van der Waals surface area contributed by atoms with Crippen molar-refractivity contribution in [2.45, 2.75) is 63.6 Å². The van der Waals surface area contributed by atoms with E-state index in [0.29, 0.717) is 17.3 Å². The van der Waals surface area contributed by atoms with Gasteiger partial charge in [-0.1, -0.05) is 6.08 Å². The van der Waals surface area contributed by atoms with Crippen molar-refractivity contribution in [3.8, 4) is 0 Å². The normalized spacial score (nSPS) is 26.7. The number of fused-ring (bicyclic) bond motifs is 5. The molecule has 0 saturated carbocycles. The van der Waals surface area contributed by atoms with Gasteiger partial charge in [0.25, 0.3) is 5.91 Å². The van der Waals surface area contributed by atoms with Gasteiger partial charge in [-0.15, -0.1) is 0 Å². The zero-order valence-corrected chi connectivity index (χ0v) is 16.4. The van der Waals surface area contributed by atoms with Crippen LogP contribution in [-0.2, 0) is 0 Å². The van der Waals surface area contributed by atoms with Crippen LogP contribution in [0.1, 0.15) is 56.3 Å². The molecule has 28 heavy (non-hydrogen) atoms. The summed E-state index contributed by atoms with van der Waals surface area (Å²) in [4.78, 5) is 25.3. The third kappa shape index (κ3) is 2.99. The second kappa shape index (κ2) is 6.43. The van der Waals surface area contributed by atoms with Crippen LogP contribution in [-0.4, -0.2) is 50.4 Å². The molecule has 146 valence electrons. The van der Waals surface area contributed by atoms with Gasteiger partial charge in [-0.3, -0.25) is 9.79 Å². The summed E-state index contributed by atoms with van der Waals surface area (Å²) in [6.45, 7) is 5.09.